The number of phenolic OH excluding ortho intramolecular Hbond substituents is 1. The molecule has 1 fully saturated rings. The highest BCUT2D eigenvalue weighted by molar-refractivity contribution is 7.66. The summed E-state index contributed by atoms with van der Waals surface area (Å²) in [5, 5.41) is 49.6. The van der Waals surface area contributed by atoms with Gasteiger partial charge in [-0.25, -0.2) is 33.4 Å². The molecular formula is C40H36N7O20P3. The normalized spacial score (nSPS) is 18.3. The maximum absolute atomic E-state index is 13.7. The maximum atomic E-state index is 13.7. The number of amides is 1. The largest absolute Gasteiger partial charge is 0.508 e. The van der Waals surface area contributed by atoms with E-state index in [4.69, 9.17) is 18.9 Å². The average molecular weight is 1030 g/mol. The molecule has 1 aliphatic carbocycles. The van der Waals surface area contributed by atoms with Gasteiger partial charge in [0.05, 0.1) is 41.1 Å². The quantitative estimate of drug-likeness (QED) is 0.0247. The lowest BCUT2D eigenvalue weighted by molar-refractivity contribution is -0.385. The number of benzene rings is 4. The number of nitro groups is 1. The van der Waals surface area contributed by atoms with E-state index < -0.39 is 71.4 Å². The van der Waals surface area contributed by atoms with Crippen molar-refractivity contribution < 1.29 is 85.4 Å². The first-order valence-corrected chi connectivity index (χ1v) is 24.7. The third-order valence-electron chi connectivity index (χ3n) is 10.7. The fraction of sp³-hybridized carbons (Fsp3) is 0.200. The number of nitro benzene ring substituents is 1. The van der Waals surface area contributed by atoms with Gasteiger partial charge in [-0.15, -0.1) is 0 Å². The number of hydrogen-bond donors (Lipinski definition) is 9. The smallest absolute Gasteiger partial charge is 0.490 e. The Morgan fingerprint density at radius 1 is 0.957 bits per heavy atom. The second-order valence-electron chi connectivity index (χ2n) is 15.4. The summed E-state index contributed by atoms with van der Waals surface area (Å²) < 4.78 is 59.8. The van der Waals surface area contributed by atoms with Crippen LogP contribution in [-0.2, 0) is 38.1 Å². The molecular weight excluding hydrogens is 991 g/mol. The Bertz CT molecular complexity index is 3420. The van der Waals surface area contributed by atoms with Crippen molar-refractivity contribution in [1.82, 2.24) is 24.8 Å². The number of anilines is 1. The molecule has 30 heteroatoms. The predicted molar refractivity (Wildman–Crippen MR) is 239 cm³/mol. The van der Waals surface area contributed by atoms with Gasteiger partial charge in [-0.05, 0) is 66.6 Å². The number of carbonyl (C=O) groups is 2. The number of nitrogens with zero attached hydrogens (tertiary/aromatic N) is 5. The maximum Gasteiger partial charge on any atom is 0.490 e. The summed E-state index contributed by atoms with van der Waals surface area (Å²) in [6.07, 6.45) is -1.47. The molecule has 3 aromatic carbocycles. The lowest BCUT2D eigenvalue weighted by Crippen LogP contribution is -2.26. The first-order valence-electron chi connectivity index (χ1n) is 20.1. The fourth-order valence-corrected chi connectivity index (χ4v) is 10.7. The van der Waals surface area contributed by atoms with Gasteiger partial charge in [0, 0.05) is 53.2 Å². The number of phosphoric ester groups is 1. The number of nitrogens with one attached hydrogen (secondary N) is 2. The van der Waals surface area contributed by atoms with Crippen LogP contribution in [-0.4, -0.2) is 90.0 Å². The number of aromatic carboxylic acids is 1. The van der Waals surface area contributed by atoms with Crippen LogP contribution < -0.4 is 16.1 Å². The number of aliphatic hydroxyl groups excluding tert-OH is 1. The van der Waals surface area contributed by atoms with Crippen LogP contribution in [0.5, 0.6) is 5.75 Å². The molecule has 4 heterocycles. The molecule has 5 aromatic rings. The van der Waals surface area contributed by atoms with Gasteiger partial charge in [0.15, 0.2) is 22.4 Å². The van der Waals surface area contributed by atoms with Crippen LogP contribution >= 0.6 is 23.5 Å². The van der Waals surface area contributed by atoms with Gasteiger partial charge in [0.2, 0.25) is 0 Å². The summed E-state index contributed by atoms with van der Waals surface area (Å²) in [5.74, 6) is -1.88. The van der Waals surface area contributed by atoms with Crippen LogP contribution in [0.1, 0.15) is 57.5 Å². The molecule has 27 nitrogen and oxygen atoms in total. The number of carboxylic acid groups (broad SMARTS) is 1. The van der Waals surface area contributed by atoms with Gasteiger partial charge < -0.3 is 54.7 Å². The number of rotatable bonds is 17. The molecule has 0 radical (unpaired) electrons. The molecule has 3 unspecified atom stereocenters. The SMILES string of the molecule is CC(Nc1ncnc2c1ncn2[C@H]1C[C@@H](O)[C@@H](COP(=O)(O)OP(=O)(O)OP(=O)(O)O)O1)c1ccc(CNC(=O)c2ccc(C(=O)O)c(-c3c4ccc(=O)cc-4oc4cc(O)ccc34)c2)cc1[N+](=O)[O-]. The van der Waals surface area contributed by atoms with E-state index >= 15 is 0 Å². The third-order valence-corrected chi connectivity index (χ3v) is 14.5. The fourth-order valence-electron chi connectivity index (χ4n) is 7.69. The first kappa shape index (κ1) is 49.6. The van der Waals surface area contributed by atoms with Crippen molar-refractivity contribution in [1.29, 1.82) is 0 Å². The Labute approximate surface area is 390 Å². The molecule has 0 bridgehead atoms. The Morgan fingerprint density at radius 2 is 1.73 bits per heavy atom. The van der Waals surface area contributed by atoms with E-state index in [1.54, 1.807) is 13.0 Å². The molecule has 70 heavy (non-hydrogen) atoms. The number of ether oxygens (including phenoxy) is 1. The summed E-state index contributed by atoms with van der Waals surface area (Å²) >= 11 is 0. The number of phosphoric acid groups is 3. The Morgan fingerprint density at radius 3 is 2.46 bits per heavy atom. The van der Waals surface area contributed by atoms with Gasteiger partial charge in [-0.1, -0.05) is 6.07 Å². The summed E-state index contributed by atoms with van der Waals surface area (Å²) in [5.41, 5.74) is 0.928. The Kier molecular flexibility index (Phi) is 13.6. The van der Waals surface area contributed by atoms with E-state index in [9.17, 15) is 63.3 Å². The molecule has 3 aliphatic rings. The molecule has 1 amide bonds. The van der Waals surface area contributed by atoms with Crippen LogP contribution in [0.2, 0.25) is 0 Å². The van der Waals surface area contributed by atoms with Crippen LogP contribution in [0.15, 0.2) is 94.7 Å². The highest BCUT2D eigenvalue weighted by Gasteiger charge is 2.43. The number of aromatic nitrogens is 4. The third kappa shape index (κ3) is 10.8. The summed E-state index contributed by atoms with van der Waals surface area (Å²) in [7, 11) is -16.9. The second kappa shape index (κ2) is 19.2. The van der Waals surface area contributed by atoms with E-state index in [1.807, 2.05) is 0 Å². The molecule has 0 saturated carbocycles. The minimum absolute atomic E-state index is 0.0326. The minimum Gasteiger partial charge on any atom is -0.508 e. The summed E-state index contributed by atoms with van der Waals surface area (Å²) in [6, 6.07) is 15.6. The molecule has 9 N–H and O–H groups in total. The Balaban J connectivity index is 0.963. The zero-order valence-corrected chi connectivity index (χ0v) is 38.2. The molecule has 1 saturated heterocycles. The van der Waals surface area contributed by atoms with Crippen molar-refractivity contribution in [3.63, 3.8) is 0 Å². The van der Waals surface area contributed by atoms with E-state index in [1.165, 1.54) is 77.6 Å². The lowest BCUT2D eigenvalue weighted by Gasteiger charge is -2.19. The molecule has 2 aromatic heterocycles. The summed E-state index contributed by atoms with van der Waals surface area (Å²) in [4.78, 5) is 99.7. The van der Waals surface area contributed by atoms with Crippen molar-refractivity contribution >= 4 is 69.0 Å². The van der Waals surface area contributed by atoms with Crippen LogP contribution in [0.25, 0.3) is 44.6 Å². The number of phenols is 1. The van der Waals surface area contributed by atoms with Gasteiger partial charge in [0.1, 0.15) is 35.8 Å². The van der Waals surface area contributed by atoms with Crippen LogP contribution in [0, 0.1) is 10.1 Å². The van der Waals surface area contributed by atoms with Gasteiger partial charge in [0.25, 0.3) is 11.6 Å². The van der Waals surface area contributed by atoms with Crippen molar-refractivity contribution in [3.8, 4) is 28.2 Å². The number of fused-ring (bicyclic) bond motifs is 3. The second-order valence-corrected chi connectivity index (χ2v) is 19.9. The molecule has 366 valence electrons. The van der Waals surface area contributed by atoms with Gasteiger partial charge >= 0.3 is 29.4 Å². The highest BCUT2D eigenvalue weighted by atomic mass is 31.3. The number of imidazole rings is 1. The van der Waals surface area contributed by atoms with Gasteiger partial charge in [-0.2, -0.15) is 8.62 Å². The van der Waals surface area contributed by atoms with E-state index in [0.717, 1.165) is 6.33 Å². The molecule has 2 aliphatic heterocycles. The van der Waals surface area contributed by atoms with Crippen molar-refractivity contribution in [2.45, 2.75) is 44.4 Å². The number of aromatic hydroxyl groups is 1. The number of aliphatic hydroxyl groups is 1. The predicted octanol–water partition coefficient (Wildman–Crippen LogP) is 5.11. The number of carboxylic acids is 1. The molecule has 6 atom stereocenters. The van der Waals surface area contributed by atoms with Crippen LogP contribution in [0.3, 0.4) is 0 Å². The van der Waals surface area contributed by atoms with Crippen molar-refractivity contribution in [2.24, 2.45) is 0 Å². The zero-order chi connectivity index (χ0) is 50.4. The van der Waals surface area contributed by atoms with E-state index in [0.29, 0.717) is 22.1 Å². The number of carbonyl (C=O) groups excluding carboxylic acids is 1. The lowest BCUT2D eigenvalue weighted by atomic mass is 9.89. The molecule has 8 rings (SSSR count). The Hall–Kier alpha value is -6.83. The van der Waals surface area contributed by atoms with Crippen molar-refractivity contribution in [3.05, 3.63) is 128 Å². The standard InChI is InChI=1S/C40H36N7O20P3/c1-19(45-37-36-38(43-17-42-37)46(18-44-36)34-14-30(50)33(65-34)16-63-69(59,60)67-70(61,62)66-68(56,57)58)24-6-2-20(10-29(24)47(54)55)15-41-39(51)21-3-7-25(40(52)53)28(11-21)35-26-8-4-22(48)12-31(26)64-32-13-23(49)5-9-27(32)35/h2-13,17-19,30,33-34,48,50H,14-16H2,1H3,(H,41,51)(H,52,53)(H,59,60)(H,61,62)(H,42,43,45)(H2,56,57,58)/t19?,30-,33-,34-/m1/s1. The minimum atomic E-state index is -5.79. The van der Waals surface area contributed by atoms with E-state index in [2.05, 4.69) is 38.7 Å². The summed E-state index contributed by atoms with van der Waals surface area (Å²) in [6.45, 7) is 0.504. The topological polar surface area (TPSA) is 405 Å². The van der Waals surface area contributed by atoms with Crippen molar-refractivity contribution in [2.75, 3.05) is 11.9 Å². The zero-order valence-electron chi connectivity index (χ0n) is 35.5. The highest BCUT2D eigenvalue weighted by Crippen LogP contribution is 2.66. The van der Waals surface area contributed by atoms with Gasteiger partial charge in [-0.3, -0.25) is 28.8 Å². The average Bonchev–Trinajstić information content (AvgIpc) is 3.88. The van der Waals surface area contributed by atoms with E-state index in [-0.39, 0.29) is 80.4 Å². The molecule has 0 spiro atoms. The monoisotopic (exact) mass is 1030 g/mol. The van der Waals surface area contributed by atoms with Crippen LogP contribution in [0.4, 0.5) is 11.5 Å². The first-order chi connectivity index (χ1) is 33.0. The number of hydrogen-bond acceptors (Lipinski definition) is 19.